The maximum absolute atomic E-state index is 11.9. The summed E-state index contributed by atoms with van der Waals surface area (Å²) in [5.41, 5.74) is -1.33. The zero-order valence-electron chi connectivity index (χ0n) is 15.2. The third-order valence-corrected chi connectivity index (χ3v) is 8.25. The average Bonchev–Trinajstić information content (AvgIpc) is 2.94. The molecule has 1 aliphatic heterocycles. The molecule has 1 aromatic heterocycles. The fourth-order valence-electron chi connectivity index (χ4n) is 2.56. The summed E-state index contributed by atoms with van der Waals surface area (Å²) >= 11 is 4.56. The zero-order chi connectivity index (χ0) is 22.8. The maximum Gasteiger partial charge on any atom is 0.488 e. The van der Waals surface area contributed by atoms with Crippen molar-refractivity contribution in [3.8, 4) is 0 Å². The summed E-state index contributed by atoms with van der Waals surface area (Å²) in [4.78, 5) is 61.6. The highest BCUT2D eigenvalue weighted by atomic mass is 32.5. The molecule has 5 N–H and O–H groups in total. The summed E-state index contributed by atoms with van der Waals surface area (Å²) in [5.74, 6) is -1.55. The number of nitrogens with zero attached hydrogens (tertiary/aromatic N) is 1. The minimum absolute atomic E-state index is 0.103. The molecule has 0 aliphatic carbocycles. The maximum atomic E-state index is 11.9. The first kappa shape index (κ1) is 25.7. The summed E-state index contributed by atoms with van der Waals surface area (Å²) in [6.45, 7) is -3.46. The van der Waals surface area contributed by atoms with Crippen LogP contribution in [0.1, 0.15) is 26.0 Å². The lowest BCUT2D eigenvalue weighted by atomic mass is 10.2. The molecule has 1 saturated heterocycles. The summed E-state index contributed by atoms with van der Waals surface area (Å²) in [6, 6.07) is 1.11. The number of phosphoric acid groups is 2. The van der Waals surface area contributed by atoms with Gasteiger partial charge in [0.15, 0.2) is 5.79 Å². The molecule has 0 radical (unpaired) electrons. The van der Waals surface area contributed by atoms with Gasteiger partial charge in [0.2, 0.25) is 0 Å². The van der Waals surface area contributed by atoms with Crippen LogP contribution in [0.5, 0.6) is 0 Å². The Morgan fingerprint density at radius 1 is 1.30 bits per heavy atom. The molecular formula is C11H19N2O13P3S. The molecule has 0 amide bonds. The average molecular weight is 512 g/mol. The second-order valence-electron chi connectivity index (χ2n) is 5.84. The van der Waals surface area contributed by atoms with Crippen molar-refractivity contribution in [3.05, 3.63) is 33.1 Å². The van der Waals surface area contributed by atoms with E-state index in [0.717, 1.165) is 10.6 Å². The topological polar surface area (TPSA) is 216 Å². The molecule has 1 aromatic rings. The summed E-state index contributed by atoms with van der Waals surface area (Å²) in [5, 5.41) is 0. The first-order chi connectivity index (χ1) is 13.7. The minimum Gasteiger partial charge on any atom is -0.348 e. The van der Waals surface area contributed by atoms with Crippen LogP contribution >= 0.6 is 22.4 Å². The Hall–Kier alpha value is -0.570. The van der Waals surface area contributed by atoms with Gasteiger partial charge in [-0.15, -0.1) is 0 Å². The van der Waals surface area contributed by atoms with E-state index in [0.29, 0.717) is 0 Å². The van der Waals surface area contributed by atoms with Crippen molar-refractivity contribution in [2.24, 2.45) is 0 Å². The standard InChI is InChI=1S/C11H19N2O13P3S/c1-2-22-11(5-3-9(24-11)13-6-4-8(14)12-10(13)15)7-23-29(21,30)26-28(19,20)25-27(16,17)18/h4,6,9H,2-3,5,7H2,1H3,(H,19,20)(H,21,30)(H,12,14,15)(H2,16,17,18). The molecule has 2 rings (SSSR count). The molecule has 0 aromatic carbocycles. The van der Waals surface area contributed by atoms with E-state index in [-0.39, 0.29) is 19.4 Å². The van der Waals surface area contributed by atoms with Crippen LogP contribution in [0, 0.1) is 0 Å². The van der Waals surface area contributed by atoms with Crippen molar-refractivity contribution < 1.29 is 51.3 Å². The van der Waals surface area contributed by atoms with Crippen LogP contribution in [-0.4, -0.2) is 48.1 Å². The van der Waals surface area contributed by atoms with E-state index in [1.807, 2.05) is 0 Å². The molecule has 0 bridgehead atoms. The Kier molecular flexibility index (Phi) is 8.14. The number of H-pyrrole nitrogens is 1. The number of ether oxygens (including phenoxy) is 2. The Bertz CT molecular complexity index is 1020. The predicted octanol–water partition coefficient (Wildman–Crippen LogP) is 0.0381. The van der Waals surface area contributed by atoms with Gasteiger partial charge < -0.3 is 33.6 Å². The number of hydrogen-bond donors (Lipinski definition) is 5. The monoisotopic (exact) mass is 512 g/mol. The van der Waals surface area contributed by atoms with Crippen LogP contribution in [0.25, 0.3) is 0 Å². The number of aromatic nitrogens is 2. The van der Waals surface area contributed by atoms with Crippen LogP contribution in [0.15, 0.2) is 21.9 Å². The zero-order valence-corrected chi connectivity index (χ0v) is 18.7. The van der Waals surface area contributed by atoms with Gasteiger partial charge in [-0.05, 0) is 25.2 Å². The van der Waals surface area contributed by atoms with Gasteiger partial charge in [-0.25, -0.2) is 18.2 Å². The molecule has 0 spiro atoms. The molecule has 15 nitrogen and oxygen atoms in total. The van der Waals surface area contributed by atoms with Gasteiger partial charge in [0.05, 0.1) is 0 Å². The van der Waals surface area contributed by atoms with Crippen LogP contribution in [0.2, 0.25) is 0 Å². The summed E-state index contributed by atoms with van der Waals surface area (Å²) in [7, 11) is -10.9. The van der Waals surface area contributed by atoms with E-state index in [9.17, 15) is 28.5 Å². The lowest BCUT2D eigenvalue weighted by Gasteiger charge is -2.30. The van der Waals surface area contributed by atoms with Crippen molar-refractivity contribution >= 4 is 34.2 Å². The molecule has 0 saturated carbocycles. The fraction of sp³-hybridized carbons (Fsp3) is 0.636. The lowest BCUT2D eigenvalue weighted by Crippen LogP contribution is -2.39. The smallest absolute Gasteiger partial charge is 0.348 e. The Morgan fingerprint density at radius 2 is 1.97 bits per heavy atom. The predicted molar refractivity (Wildman–Crippen MR) is 102 cm³/mol. The Labute approximate surface area is 173 Å². The number of hydrogen-bond acceptors (Lipinski definition) is 10. The first-order valence-corrected chi connectivity index (χ1v) is 13.7. The number of nitrogens with one attached hydrogen (secondary N) is 1. The third-order valence-electron chi connectivity index (χ3n) is 3.56. The molecule has 19 heteroatoms. The van der Waals surface area contributed by atoms with Gasteiger partial charge in [-0.3, -0.25) is 14.3 Å². The first-order valence-electron chi connectivity index (χ1n) is 8.07. The highest BCUT2D eigenvalue weighted by Crippen LogP contribution is 2.66. The molecule has 2 heterocycles. The largest absolute Gasteiger partial charge is 0.488 e. The van der Waals surface area contributed by atoms with Gasteiger partial charge in [-0.2, -0.15) is 4.31 Å². The van der Waals surface area contributed by atoms with Crippen molar-refractivity contribution in [2.45, 2.75) is 31.8 Å². The normalized spacial score (nSPS) is 26.2. The van der Waals surface area contributed by atoms with Gasteiger partial charge in [0.1, 0.15) is 12.8 Å². The van der Waals surface area contributed by atoms with Crippen LogP contribution in [0.3, 0.4) is 0 Å². The molecule has 1 aliphatic rings. The lowest BCUT2D eigenvalue weighted by molar-refractivity contribution is -0.250. The van der Waals surface area contributed by atoms with Crippen LogP contribution in [0.4, 0.5) is 0 Å². The van der Waals surface area contributed by atoms with Crippen LogP contribution in [-0.2, 0) is 43.6 Å². The van der Waals surface area contributed by atoms with E-state index in [4.69, 9.17) is 23.8 Å². The fourth-order valence-corrected chi connectivity index (χ4v) is 6.53. The highest BCUT2D eigenvalue weighted by molar-refractivity contribution is 8.08. The molecule has 1 fully saturated rings. The van der Waals surface area contributed by atoms with E-state index in [2.05, 4.69) is 25.4 Å². The van der Waals surface area contributed by atoms with Crippen molar-refractivity contribution in [1.82, 2.24) is 9.55 Å². The quantitative estimate of drug-likeness (QED) is 0.262. The van der Waals surface area contributed by atoms with E-state index in [1.54, 1.807) is 6.92 Å². The van der Waals surface area contributed by atoms with Gasteiger partial charge >= 0.3 is 28.1 Å². The van der Waals surface area contributed by atoms with Gasteiger partial charge in [0, 0.05) is 25.3 Å². The summed E-state index contributed by atoms with van der Waals surface area (Å²) in [6.07, 6.45) is 0.700. The van der Waals surface area contributed by atoms with E-state index in [1.165, 1.54) is 6.20 Å². The van der Waals surface area contributed by atoms with Gasteiger partial charge in [-0.1, -0.05) is 0 Å². The Balaban J connectivity index is 2.11. The molecular weight excluding hydrogens is 493 g/mol. The van der Waals surface area contributed by atoms with Crippen molar-refractivity contribution in [2.75, 3.05) is 13.2 Å². The van der Waals surface area contributed by atoms with Crippen LogP contribution < -0.4 is 11.2 Å². The molecule has 4 atom stereocenters. The van der Waals surface area contributed by atoms with E-state index < -0.39 is 52.2 Å². The number of rotatable bonds is 10. The van der Waals surface area contributed by atoms with Gasteiger partial charge in [0.25, 0.3) is 5.56 Å². The van der Waals surface area contributed by atoms with Crippen molar-refractivity contribution in [3.63, 3.8) is 0 Å². The SMILES string of the molecule is CCOC1(COP(O)(=S)OP(=O)(O)OP(=O)(O)O)CCC(n2ccc(=O)[nH]c2=O)O1. The summed E-state index contributed by atoms with van der Waals surface area (Å²) < 4.78 is 47.2. The molecule has 30 heavy (non-hydrogen) atoms. The molecule has 172 valence electrons. The third kappa shape index (κ3) is 7.53. The van der Waals surface area contributed by atoms with Crippen molar-refractivity contribution in [1.29, 1.82) is 0 Å². The minimum atomic E-state index is -5.46. The highest BCUT2D eigenvalue weighted by Gasteiger charge is 2.45. The molecule has 4 unspecified atom stereocenters. The second kappa shape index (κ2) is 9.51. The second-order valence-corrected chi connectivity index (χ2v) is 11.6. The van der Waals surface area contributed by atoms with E-state index >= 15 is 0 Å². The number of aromatic amines is 1. The Morgan fingerprint density at radius 3 is 2.53 bits per heavy atom.